The van der Waals surface area contributed by atoms with Crippen molar-refractivity contribution in [1.29, 1.82) is 0 Å². The molecule has 3 atom stereocenters. The number of Topliss-reactive ketones (excluding diaryl/α,β-unsaturated/α-hetero) is 1. The molecule has 49 heavy (non-hydrogen) atoms. The van der Waals surface area contributed by atoms with Crippen LogP contribution in [0.5, 0.6) is 0 Å². The van der Waals surface area contributed by atoms with E-state index < -0.39 is 40.5 Å². The molecule has 3 heterocycles. The highest BCUT2D eigenvalue weighted by atomic mass is 28.4. The van der Waals surface area contributed by atoms with Gasteiger partial charge in [0.2, 0.25) is 11.8 Å². The van der Waals surface area contributed by atoms with Gasteiger partial charge in [-0.2, -0.15) is 0 Å². The molecule has 2 aliphatic rings. The zero-order chi connectivity index (χ0) is 36.9. The third-order valence-corrected chi connectivity index (χ3v) is 15.4. The fourth-order valence-electron chi connectivity index (χ4n) is 5.54. The molecule has 2 aliphatic heterocycles. The van der Waals surface area contributed by atoms with E-state index in [1.54, 1.807) is 12.2 Å². The summed E-state index contributed by atoms with van der Waals surface area (Å²) in [6.45, 7) is 25.2. The van der Waals surface area contributed by atoms with Gasteiger partial charge in [0.15, 0.2) is 14.0 Å². The Labute approximate surface area is 294 Å². The van der Waals surface area contributed by atoms with Crippen LogP contribution in [0.4, 0.5) is 0 Å². The number of cyclic esters (lactones) is 1. The zero-order valence-electron chi connectivity index (χ0n) is 31.6. The molecular weight excluding hydrogens is 655 g/mol. The smallest absolute Gasteiger partial charge is 0.355 e. The van der Waals surface area contributed by atoms with Crippen LogP contribution in [-0.2, 0) is 30.0 Å². The number of hydrogen-bond acceptors (Lipinski definition) is 8. The Morgan fingerprint density at radius 1 is 1.06 bits per heavy atom. The second kappa shape index (κ2) is 16.1. The second-order valence-corrected chi connectivity index (χ2v) is 25.8. The van der Waals surface area contributed by atoms with Crippen LogP contribution in [0.15, 0.2) is 52.1 Å². The normalized spacial score (nSPS) is 25.2. The molecule has 270 valence electrons. The van der Waals surface area contributed by atoms with Gasteiger partial charge in [-0.3, -0.25) is 14.4 Å². The average molecular weight is 712 g/mol. The Balaban J connectivity index is 2.06. The first kappa shape index (κ1) is 40.1. The molecule has 2 amide bonds. The summed E-state index contributed by atoms with van der Waals surface area (Å²) >= 11 is 0. The summed E-state index contributed by atoms with van der Waals surface area (Å²) in [6, 6.07) is 0. The first-order chi connectivity index (χ1) is 22.6. The highest BCUT2D eigenvalue weighted by Crippen LogP contribution is 2.38. The Hall–Kier alpha value is -3.36. The highest BCUT2D eigenvalue weighted by molar-refractivity contribution is 6.88. The molecule has 0 aromatic carbocycles. The Bertz CT molecular complexity index is 1520. The van der Waals surface area contributed by atoms with Gasteiger partial charge in [-0.15, -0.1) is 0 Å². The van der Waals surface area contributed by atoms with Gasteiger partial charge in [-0.25, -0.2) is 9.78 Å². The largest absolute Gasteiger partial charge is 0.457 e. The molecule has 0 saturated heterocycles. The molecule has 1 aromatic rings. The van der Waals surface area contributed by atoms with Crippen LogP contribution in [0.25, 0.3) is 0 Å². The summed E-state index contributed by atoms with van der Waals surface area (Å²) in [5, 5.41) is 3.27. The lowest BCUT2D eigenvalue weighted by atomic mass is 9.94. The van der Waals surface area contributed by atoms with Gasteiger partial charge in [0.1, 0.15) is 31.0 Å². The summed E-state index contributed by atoms with van der Waals surface area (Å²) in [4.78, 5) is 59.9. The molecule has 0 radical (unpaired) electrons. The third kappa shape index (κ3) is 10.8. The van der Waals surface area contributed by atoms with Crippen LogP contribution in [0.1, 0.15) is 77.7 Å². The van der Waals surface area contributed by atoms with Gasteiger partial charge in [0.25, 0.3) is 5.91 Å². The third-order valence-electron chi connectivity index (χ3n) is 9.21. The lowest BCUT2D eigenvalue weighted by molar-refractivity contribution is -0.149. The monoisotopic (exact) mass is 711 g/mol. The number of fused-ring (bicyclic) bond motifs is 3. The minimum Gasteiger partial charge on any atom is -0.457 e. The summed E-state index contributed by atoms with van der Waals surface area (Å²) in [5.41, 5.74) is 1.19. The van der Waals surface area contributed by atoms with Gasteiger partial charge in [0.05, 0.1) is 12.5 Å². The first-order valence-corrected chi connectivity index (χ1v) is 23.7. The molecule has 10 nitrogen and oxygen atoms in total. The van der Waals surface area contributed by atoms with Crippen LogP contribution < -0.4 is 10.7 Å². The minimum atomic E-state index is -2.26. The maximum Gasteiger partial charge on any atom is 0.355 e. The van der Waals surface area contributed by atoms with E-state index in [9.17, 15) is 19.2 Å². The van der Waals surface area contributed by atoms with Crippen LogP contribution in [0.2, 0.25) is 37.8 Å². The molecule has 0 fully saturated rings. The number of amides is 2. The zero-order valence-corrected chi connectivity index (χ0v) is 33.6. The standard InChI is InChI=1S/C37H57N3O7Si2/c1-24(2)33-26(4)17-18-30(42)38-19-13-15-25(3)21-28(47-49(11,12)37(5,6)7)22-27(41)23-31-39-32(36(45-31)48(8,9)10)34(43)40-20-14-16-29(40)35(44)46-33/h13,15-18,21,24,26,28,33H,14,19-20,22-23H2,1-12H3,(H,38,42)/b15-13+,18-17+,25-21+/t26-,28?,33-/m1/s1. The number of oxazole rings is 1. The Morgan fingerprint density at radius 3 is 2.35 bits per heavy atom. The maximum atomic E-state index is 14.1. The fourth-order valence-corrected chi connectivity index (χ4v) is 8.10. The number of ether oxygens (including phenoxy) is 1. The molecule has 0 aliphatic carbocycles. The number of rotatable bonds is 4. The Morgan fingerprint density at radius 2 is 1.73 bits per heavy atom. The molecular formula is C37H57N3O7Si2. The predicted octanol–water partition coefficient (Wildman–Crippen LogP) is 6.23. The van der Waals surface area contributed by atoms with Gasteiger partial charge >= 0.3 is 5.97 Å². The summed E-state index contributed by atoms with van der Waals surface area (Å²) in [7, 11) is -4.52. The van der Waals surface area contributed by atoms with Crippen molar-refractivity contribution < 1.29 is 32.8 Å². The van der Waals surface area contributed by atoms with Crippen molar-refractivity contribution >= 4 is 45.3 Å². The van der Waals surface area contributed by atoms with Crippen molar-refractivity contribution in [3.63, 3.8) is 0 Å². The number of nitrogens with zero attached hydrogens (tertiary/aromatic N) is 2. The molecule has 3 rings (SSSR count). The van der Waals surface area contributed by atoms with Crippen molar-refractivity contribution in [3.05, 3.63) is 59.3 Å². The SMILES string of the molecule is CC1=C\C(O[Si](C)(C)C(C)(C)C)CC(=O)Cc2nc(c([Si](C)(C)C)o2)C(=O)N2CCC=C2C(=O)O[C@H](C(C)C)[C@H](C)/C=C/C(=O)NC\C=C\1. The van der Waals surface area contributed by atoms with E-state index in [1.165, 1.54) is 11.0 Å². The van der Waals surface area contributed by atoms with Crippen molar-refractivity contribution in [2.75, 3.05) is 13.1 Å². The number of nitrogens with one attached hydrogen (secondary N) is 1. The molecule has 2 bridgehead atoms. The number of allylic oxidation sites excluding steroid dienone is 2. The number of carbonyl (C=O) groups excluding carboxylic acids is 4. The van der Waals surface area contributed by atoms with Crippen molar-refractivity contribution in [1.82, 2.24) is 15.2 Å². The van der Waals surface area contributed by atoms with Crippen molar-refractivity contribution in [3.8, 4) is 0 Å². The van der Waals surface area contributed by atoms with E-state index in [-0.39, 0.29) is 58.7 Å². The first-order valence-electron chi connectivity index (χ1n) is 17.3. The highest BCUT2D eigenvalue weighted by Gasteiger charge is 2.40. The summed E-state index contributed by atoms with van der Waals surface area (Å²) < 4.78 is 18.9. The maximum absolute atomic E-state index is 14.1. The van der Waals surface area contributed by atoms with E-state index in [0.29, 0.717) is 24.9 Å². The molecule has 1 unspecified atom stereocenters. The van der Waals surface area contributed by atoms with E-state index in [2.05, 4.69) is 44.2 Å². The van der Waals surface area contributed by atoms with E-state index in [1.807, 2.05) is 65.6 Å². The number of hydrogen-bond donors (Lipinski definition) is 1. The van der Waals surface area contributed by atoms with Crippen LogP contribution in [-0.4, -0.2) is 75.1 Å². The van der Waals surface area contributed by atoms with Gasteiger partial charge in [-0.1, -0.05) is 97.1 Å². The van der Waals surface area contributed by atoms with Crippen LogP contribution in [0.3, 0.4) is 0 Å². The second-order valence-electron chi connectivity index (χ2n) is 16.1. The molecule has 12 heteroatoms. The van der Waals surface area contributed by atoms with E-state index in [4.69, 9.17) is 13.6 Å². The van der Waals surface area contributed by atoms with Gasteiger partial charge in [-0.05, 0) is 43.5 Å². The summed E-state index contributed by atoms with van der Waals surface area (Å²) in [6.07, 6.45) is 10.1. The fraction of sp³-hybridized carbons (Fsp3) is 0.595. The average Bonchev–Trinajstić information content (AvgIpc) is 3.63. The van der Waals surface area contributed by atoms with Gasteiger partial charge in [0, 0.05) is 25.4 Å². The van der Waals surface area contributed by atoms with E-state index >= 15 is 0 Å². The molecule has 0 saturated carbocycles. The van der Waals surface area contributed by atoms with E-state index in [0.717, 1.165) is 5.57 Å². The molecule has 1 N–H and O–H groups in total. The van der Waals surface area contributed by atoms with Gasteiger partial charge < -0.3 is 23.8 Å². The number of aromatic nitrogens is 1. The summed E-state index contributed by atoms with van der Waals surface area (Å²) in [5.74, 6) is -1.60. The topological polar surface area (TPSA) is 128 Å². The minimum absolute atomic E-state index is 0.0523. The number of carbonyl (C=O) groups is 4. The molecule has 0 spiro atoms. The lowest BCUT2D eigenvalue weighted by Crippen LogP contribution is -2.44. The Kier molecular flexibility index (Phi) is 13.2. The molecule has 1 aromatic heterocycles. The quantitative estimate of drug-likeness (QED) is 0.288. The number of ketones is 1. The lowest BCUT2D eigenvalue weighted by Gasteiger charge is -2.38. The van der Waals surface area contributed by atoms with Crippen molar-refractivity contribution in [2.24, 2.45) is 11.8 Å². The van der Waals surface area contributed by atoms with Crippen LogP contribution >= 0.6 is 0 Å². The number of esters is 1. The predicted molar refractivity (Wildman–Crippen MR) is 198 cm³/mol. The van der Waals surface area contributed by atoms with Crippen LogP contribution in [0, 0.1) is 11.8 Å². The van der Waals surface area contributed by atoms with Crippen molar-refractivity contribution in [2.45, 2.75) is 118 Å².